The number of nitrogens with zero attached hydrogens (tertiary/aromatic N) is 1. The van der Waals surface area contributed by atoms with E-state index in [9.17, 15) is 9.18 Å². The van der Waals surface area contributed by atoms with Crippen LogP contribution < -0.4 is 10.6 Å². The summed E-state index contributed by atoms with van der Waals surface area (Å²) in [6.45, 7) is 0.954. The van der Waals surface area contributed by atoms with Crippen molar-refractivity contribution in [1.82, 2.24) is 15.5 Å². The van der Waals surface area contributed by atoms with Crippen LogP contribution in [-0.4, -0.2) is 42.6 Å². The highest BCUT2D eigenvalue weighted by molar-refractivity contribution is 7.99. The molecule has 6 heteroatoms. The molecule has 23 heavy (non-hydrogen) atoms. The Morgan fingerprint density at radius 1 is 1.39 bits per heavy atom. The molecule has 1 fully saturated rings. The summed E-state index contributed by atoms with van der Waals surface area (Å²) in [6.07, 6.45) is 5.37. The molecule has 0 bridgehead atoms. The van der Waals surface area contributed by atoms with Gasteiger partial charge in [-0.2, -0.15) is 11.8 Å². The summed E-state index contributed by atoms with van der Waals surface area (Å²) in [7, 11) is 3.81. The van der Waals surface area contributed by atoms with E-state index < -0.39 is 0 Å². The van der Waals surface area contributed by atoms with Gasteiger partial charge in [0.2, 0.25) is 0 Å². The van der Waals surface area contributed by atoms with E-state index in [0.29, 0.717) is 23.9 Å². The fraction of sp³-hybridized carbons (Fsp3) is 0.588. The Hall–Kier alpha value is -1.27. The fourth-order valence-electron chi connectivity index (χ4n) is 2.90. The Balaban J connectivity index is 1.82. The van der Waals surface area contributed by atoms with Gasteiger partial charge < -0.3 is 15.5 Å². The number of urea groups is 1. The Morgan fingerprint density at radius 3 is 2.83 bits per heavy atom. The number of hydrogen-bond acceptors (Lipinski definition) is 3. The third kappa shape index (κ3) is 5.70. The van der Waals surface area contributed by atoms with E-state index in [-0.39, 0.29) is 17.9 Å². The average Bonchev–Trinajstić information content (AvgIpc) is 2.95. The lowest BCUT2D eigenvalue weighted by Gasteiger charge is -2.15. The number of benzene rings is 1. The fourth-order valence-corrected chi connectivity index (χ4v) is 3.70. The van der Waals surface area contributed by atoms with Crippen LogP contribution in [0.1, 0.15) is 30.4 Å². The van der Waals surface area contributed by atoms with Crippen molar-refractivity contribution >= 4 is 17.8 Å². The minimum Gasteiger partial charge on any atom is -0.335 e. The highest BCUT2D eigenvalue weighted by Gasteiger charge is 2.24. The van der Waals surface area contributed by atoms with Crippen molar-refractivity contribution < 1.29 is 9.18 Å². The molecule has 0 unspecified atom stereocenters. The Bertz CT molecular complexity index is 539. The maximum absolute atomic E-state index is 13.7. The summed E-state index contributed by atoms with van der Waals surface area (Å²) in [6, 6.07) is 5.12. The quantitative estimate of drug-likeness (QED) is 0.837. The van der Waals surface area contributed by atoms with Crippen molar-refractivity contribution in [2.75, 3.05) is 20.4 Å². The molecule has 0 heterocycles. The third-order valence-corrected chi connectivity index (χ3v) is 5.20. The van der Waals surface area contributed by atoms with Crippen LogP contribution in [0.3, 0.4) is 0 Å². The predicted octanol–water partition coefficient (Wildman–Crippen LogP) is 2.97. The first-order valence-corrected chi connectivity index (χ1v) is 9.26. The van der Waals surface area contributed by atoms with Gasteiger partial charge in [0, 0.05) is 29.9 Å². The zero-order valence-corrected chi connectivity index (χ0v) is 14.9. The van der Waals surface area contributed by atoms with Gasteiger partial charge in [0.25, 0.3) is 0 Å². The molecule has 4 nitrogen and oxygen atoms in total. The van der Waals surface area contributed by atoms with Crippen molar-refractivity contribution in [1.29, 1.82) is 0 Å². The molecule has 2 N–H and O–H groups in total. The molecule has 128 valence electrons. The van der Waals surface area contributed by atoms with Gasteiger partial charge in [-0.1, -0.05) is 6.07 Å². The van der Waals surface area contributed by atoms with E-state index in [0.717, 1.165) is 24.8 Å². The highest BCUT2D eigenvalue weighted by Crippen LogP contribution is 2.28. The second kappa shape index (κ2) is 8.55. The van der Waals surface area contributed by atoms with Crippen molar-refractivity contribution in [3.05, 3.63) is 35.1 Å². The molecular weight excluding hydrogens is 313 g/mol. The molecule has 1 aromatic carbocycles. The number of halogens is 1. The SMILES string of the molecule is CS[C@@H]1CC[C@@H](NC(=O)NCc2ccc(F)c(CN(C)C)c2)C1. The van der Waals surface area contributed by atoms with Gasteiger partial charge >= 0.3 is 6.03 Å². The number of hydrogen-bond donors (Lipinski definition) is 2. The Labute approximate surface area is 142 Å². The van der Waals surface area contributed by atoms with Gasteiger partial charge in [-0.05, 0) is 57.3 Å². The molecule has 1 aliphatic rings. The highest BCUT2D eigenvalue weighted by atomic mass is 32.2. The zero-order chi connectivity index (χ0) is 16.8. The monoisotopic (exact) mass is 339 g/mol. The van der Waals surface area contributed by atoms with Gasteiger partial charge in [0.05, 0.1) is 0 Å². The van der Waals surface area contributed by atoms with Crippen molar-refractivity contribution in [3.8, 4) is 0 Å². The van der Waals surface area contributed by atoms with Crippen molar-refractivity contribution in [2.24, 2.45) is 0 Å². The van der Waals surface area contributed by atoms with Crippen LogP contribution in [0.4, 0.5) is 9.18 Å². The third-order valence-electron chi connectivity index (χ3n) is 4.10. The molecule has 1 saturated carbocycles. The molecule has 0 radical (unpaired) electrons. The van der Waals surface area contributed by atoms with E-state index in [4.69, 9.17) is 0 Å². The molecule has 0 saturated heterocycles. The minimum atomic E-state index is -0.207. The molecule has 0 aromatic heterocycles. The Morgan fingerprint density at radius 2 is 2.17 bits per heavy atom. The van der Waals surface area contributed by atoms with Crippen LogP contribution in [0.2, 0.25) is 0 Å². The number of nitrogens with one attached hydrogen (secondary N) is 2. The summed E-state index contributed by atoms with van der Waals surface area (Å²) in [4.78, 5) is 13.9. The van der Waals surface area contributed by atoms with Crippen LogP contribution in [0, 0.1) is 5.82 Å². The standard InChI is InChI=1S/C17H26FN3OS/c1-21(2)11-13-8-12(4-7-16(13)18)10-19-17(22)20-14-5-6-15(9-14)23-3/h4,7-8,14-15H,5-6,9-11H2,1-3H3,(H2,19,20,22)/t14-,15-/m1/s1. The van der Waals surface area contributed by atoms with Gasteiger partial charge in [-0.15, -0.1) is 0 Å². The smallest absolute Gasteiger partial charge is 0.315 e. The maximum Gasteiger partial charge on any atom is 0.315 e. The van der Waals surface area contributed by atoms with Crippen molar-refractivity contribution in [3.63, 3.8) is 0 Å². The normalized spacial score (nSPS) is 20.7. The first-order chi connectivity index (χ1) is 11.0. The van der Waals surface area contributed by atoms with Gasteiger partial charge in [0.1, 0.15) is 5.82 Å². The van der Waals surface area contributed by atoms with Crippen LogP contribution in [0.25, 0.3) is 0 Å². The number of thioether (sulfide) groups is 1. The van der Waals surface area contributed by atoms with E-state index in [1.165, 1.54) is 6.07 Å². The van der Waals surface area contributed by atoms with Gasteiger partial charge in [-0.25, -0.2) is 9.18 Å². The zero-order valence-electron chi connectivity index (χ0n) is 14.1. The van der Waals surface area contributed by atoms with E-state index in [1.807, 2.05) is 36.8 Å². The topological polar surface area (TPSA) is 44.4 Å². The number of rotatable bonds is 6. The van der Waals surface area contributed by atoms with E-state index in [1.54, 1.807) is 6.07 Å². The van der Waals surface area contributed by atoms with Gasteiger partial charge in [-0.3, -0.25) is 0 Å². The van der Waals surface area contributed by atoms with Crippen LogP contribution in [0.15, 0.2) is 18.2 Å². The molecule has 2 atom stereocenters. The second-order valence-corrected chi connectivity index (χ2v) is 7.50. The molecule has 0 aliphatic heterocycles. The lowest BCUT2D eigenvalue weighted by Crippen LogP contribution is -2.40. The predicted molar refractivity (Wildman–Crippen MR) is 94.1 cm³/mol. The van der Waals surface area contributed by atoms with Crippen molar-refractivity contribution in [2.45, 2.75) is 43.6 Å². The summed E-state index contributed by atoms with van der Waals surface area (Å²) in [5, 5.41) is 6.55. The summed E-state index contributed by atoms with van der Waals surface area (Å²) >= 11 is 1.87. The largest absolute Gasteiger partial charge is 0.335 e. The maximum atomic E-state index is 13.7. The molecule has 2 rings (SSSR count). The van der Waals surface area contributed by atoms with E-state index in [2.05, 4.69) is 16.9 Å². The lowest BCUT2D eigenvalue weighted by molar-refractivity contribution is 0.236. The van der Waals surface area contributed by atoms with Crippen LogP contribution in [0.5, 0.6) is 0 Å². The van der Waals surface area contributed by atoms with Gasteiger partial charge in [0.15, 0.2) is 0 Å². The second-order valence-electron chi connectivity index (χ2n) is 6.36. The summed E-state index contributed by atoms with van der Waals surface area (Å²) in [5.74, 6) is -0.207. The molecular formula is C17H26FN3OS. The molecule has 1 aromatic rings. The average molecular weight is 339 g/mol. The number of carbonyl (C=O) groups is 1. The minimum absolute atomic E-state index is 0.143. The molecule has 2 amide bonds. The summed E-state index contributed by atoms with van der Waals surface area (Å²) < 4.78 is 13.7. The van der Waals surface area contributed by atoms with Crippen LogP contribution in [-0.2, 0) is 13.1 Å². The molecule has 1 aliphatic carbocycles. The number of amides is 2. The first-order valence-electron chi connectivity index (χ1n) is 7.97. The first kappa shape index (κ1) is 18.1. The summed E-state index contributed by atoms with van der Waals surface area (Å²) in [5.41, 5.74) is 1.56. The lowest BCUT2D eigenvalue weighted by atomic mass is 10.1. The molecule has 0 spiro atoms. The number of carbonyl (C=O) groups excluding carboxylic acids is 1. The Kier molecular flexibility index (Phi) is 6.72. The van der Waals surface area contributed by atoms with E-state index >= 15 is 0 Å². The van der Waals surface area contributed by atoms with Crippen LogP contribution >= 0.6 is 11.8 Å².